The monoisotopic (exact) mass is 311 g/mol. The molecule has 114 valence electrons. The molecule has 0 unspecified atom stereocenters. The molecule has 21 heavy (non-hydrogen) atoms. The van der Waals surface area contributed by atoms with E-state index in [1.807, 2.05) is 6.92 Å². The molecule has 1 fully saturated rings. The van der Waals surface area contributed by atoms with Gasteiger partial charge in [-0.3, -0.25) is 14.3 Å². The maximum atomic E-state index is 12.1. The molecule has 1 saturated heterocycles. The number of nitrogens with zero attached hydrogens (tertiary/aromatic N) is 2. The number of nitro benzene ring substituents is 1. The molecule has 1 aliphatic rings. The van der Waals surface area contributed by atoms with Crippen molar-refractivity contribution in [2.24, 2.45) is 0 Å². The molecule has 0 radical (unpaired) electrons. The van der Waals surface area contributed by atoms with Crippen molar-refractivity contribution >= 4 is 28.2 Å². The Morgan fingerprint density at radius 3 is 2.67 bits per heavy atom. The number of rotatable bonds is 2. The van der Waals surface area contributed by atoms with E-state index in [1.54, 1.807) is 4.90 Å². The number of nitrogens with one attached hydrogen (secondary N) is 1. The predicted molar refractivity (Wildman–Crippen MR) is 80.8 cm³/mol. The molecule has 7 nitrogen and oxygen atoms in total. The van der Waals surface area contributed by atoms with Crippen LogP contribution in [-0.4, -0.2) is 44.2 Å². The topological polar surface area (TPSA) is 92.6 Å². The molecule has 2 rings (SSSR count). The summed E-state index contributed by atoms with van der Waals surface area (Å²) in [6, 6.07) is 5.41. The number of urea groups is 1. The second-order valence-corrected chi connectivity index (χ2v) is 6.88. The van der Waals surface area contributed by atoms with Gasteiger partial charge in [-0.25, -0.2) is 4.79 Å². The summed E-state index contributed by atoms with van der Waals surface area (Å²) in [6.07, 6.45) is 0.709. The molecule has 1 heterocycles. The molecule has 1 aromatic carbocycles. The zero-order valence-electron chi connectivity index (χ0n) is 11.7. The van der Waals surface area contributed by atoms with Crippen LogP contribution in [0.2, 0.25) is 0 Å². The van der Waals surface area contributed by atoms with E-state index in [9.17, 15) is 19.1 Å². The molecule has 0 aliphatic carbocycles. The lowest BCUT2D eigenvalue weighted by atomic mass is 10.3. The normalized spacial score (nSPS) is 22.4. The molecular weight excluding hydrogens is 294 g/mol. The summed E-state index contributed by atoms with van der Waals surface area (Å²) in [6.45, 7) is 2.94. The van der Waals surface area contributed by atoms with E-state index in [1.165, 1.54) is 24.3 Å². The summed E-state index contributed by atoms with van der Waals surface area (Å²) < 4.78 is 11.7. The third-order valence-electron chi connectivity index (χ3n) is 3.43. The van der Waals surface area contributed by atoms with Crippen LogP contribution in [0.3, 0.4) is 0 Å². The van der Waals surface area contributed by atoms with E-state index in [0.29, 0.717) is 31.0 Å². The Kier molecular flexibility index (Phi) is 4.89. The summed E-state index contributed by atoms with van der Waals surface area (Å²) in [5.74, 6) is 0.481. The van der Waals surface area contributed by atoms with E-state index in [2.05, 4.69) is 5.32 Å². The van der Waals surface area contributed by atoms with Crippen LogP contribution in [-0.2, 0) is 10.8 Å². The number of carbonyl (C=O) groups excluding carboxylic acids is 1. The SMILES string of the molecule is C[C@@H]1CCN(C(=O)Nc2ccc([N+](=O)[O-])cc2)CC[S@]1=O. The van der Waals surface area contributed by atoms with Gasteiger partial charge in [0.1, 0.15) is 0 Å². The Morgan fingerprint density at radius 2 is 2.05 bits per heavy atom. The van der Waals surface area contributed by atoms with Crippen LogP contribution in [0.4, 0.5) is 16.2 Å². The van der Waals surface area contributed by atoms with Crippen LogP contribution in [0.25, 0.3) is 0 Å². The van der Waals surface area contributed by atoms with Crippen LogP contribution in [0.1, 0.15) is 13.3 Å². The first-order chi connectivity index (χ1) is 9.97. The van der Waals surface area contributed by atoms with E-state index in [-0.39, 0.29) is 17.0 Å². The average Bonchev–Trinajstić information content (AvgIpc) is 2.62. The second kappa shape index (κ2) is 6.66. The van der Waals surface area contributed by atoms with Crippen molar-refractivity contribution < 1.29 is 13.9 Å². The highest BCUT2D eigenvalue weighted by Gasteiger charge is 2.22. The standard InChI is InChI=1S/C13H17N3O4S/c1-10-6-7-15(8-9-21(10)20)13(17)14-11-2-4-12(5-3-11)16(18)19/h2-5,10H,6-9H2,1H3,(H,14,17)/t10-,21-/m1/s1. The minimum atomic E-state index is -0.891. The molecule has 0 saturated carbocycles. The van der Waals surface area contributed by atoms with Crippen molar-refractivity contribution in [3.63, 3.8) is 0 Å². The Bertz CT molecular complexity index is 561. The number of nitro groups is 1. The van der Waals surface area contributed by atoms with Crippen LogP contribution in [0.5, 0.6) is 0 Å². The first-order valence-electron chi connectivity index (χ1n) is 6.65. The van der Waals surface area contributed by atoms with Crippen molar-refractivity contribution in [1.29, 1.82) is 0 Å². The van der Waals surface area contributed by atoms with Gasteiger partial charge in [-0.15, -0.1) is 0 Å². The lowest BCUT2D eigenvalue weighted by molar-refractivity contribution is -0.384. The second-order valence-electron chi connectivity index (χ2n) is 4.91. The fourth-order valence-electron chi connectivity index (χ4n) is 2.05. The molecule has 2 atom stereocenters. The molecule has 1 aromatic rings. The zero-order valence-corrected chi connectivity index (χ0v) is 12.5. The van der Waals surface area contributed by atoms with Crippen LogP contribution < -0.4 is 5.32 Å². The first-order valence-corrected chi connectivity index (χ1v) is 8.03. The molecule has 0 aromatic heterocycles. The molecule has 1 aliphatic heterocycles. The highest BCUT2D eigenvalue weighted by atomic mass is 32.2. The van der Waals surface area contributed by atoms with E-state index in [0.717, 1.165) is 0 Å². The number of benzene rings is 1. The smallest absolute Gasteiger partial charge is 0.321 e. The summed E-state index contributed by atoms with van der Waals surface area (Å²) >= 11 is 0. The Balaban J connectivity index is 1.97. The lowest BCUT2D eigenvalue weighted by Crippen LogP contribution is -2.36. The summed E-state index contributed by atoms with van der Waals surface area (Å²) in [5, 5.41) is 13.4. The minimum Gasteiger partial charge on any atom is -0.324 e. The van der Waals surface area contributed by atoms with Crippen LogP contribution >= 0.6 is 0 Å². The number of hydrogen-bond acceptors (Lipinski definition) is 4. The van der Waals surface area contributed by atoms with Crippen molar-refractivity contribution in [3.05, 3.63) is 34.4 Å². The highest BCUT2D eigenvalue weighted by molar-refractivity contribution is 7.85. The van der Waals surface area contributed by atoms with Gasteiger partial charge in [-0.2, -0.15) is 0 Å². The molecule has 2 amide bonds. The van der Waals surface area contributed by atoms with Gasteiger partial charge in [0.05, 0.1) is 4.92 Å². The predicted octanol–water partition coefficient (Wildman–Crippen LogP) is 1.97. The average molecular weight is 311 g/mol. The number of carbonyl (C=O) groups is 1. The Hall–Kier alpha value is -1.96. The quantitative estimate of drug-likeness (QED) is 0.667. The fraction of sp³-hybridized carbons (Fsp3) is 0.462. The Labute approximate surface area is 124 Å². The van der Waals surface area contributed by atoms with Gasteiger partial charge in [0, 0.05) is 52.7 Å². The van der Waals surface area contributed by atoms with E-state index in [4.69, 9.17) is 0 Å². The van der Waals surface area contributed by atoms with Crippen LogP contribution in [0.15, 0.2) is 24.3 Å². The van der Waals surface area contributed by atoms with E-state index < -0.39 is 15.7 Å². The largest absolute Gasteiger partial charge is 0.324 e. The van der Waals surface area contributed by atoms with Crippen LogP contribution in [0, 0.1) is 10.1 Å². The maximum Gasteiger partial charge on any atom is 0.321 e. The molecular formula is C13H17N3O4S. The van der Waals surface area contributed by atoms with Gasteiger partial charge in [0.15, 0.2) is 0 Å². The van der Waals surface area contributed by atoms with Crippen molar-refractivity contribution in [2.45, 2.75) is 18.6 Å². The molecule has 0 bridgehead atoms. The molecule has 1 N–H and O–H groups in total. The van der Waals surface area contributed by atoms with Gasteiger partial charge in [0.25, 0.3) is 5.69 Å². The fourth-order valence-corrected chi connectivity index (χ4v) is 3.23. The van der Waals surface area contributed by atoms with Crippen molar-refractivity contribution in [1.82, 2.24) is 4.90 Å². The summed E-state index contributed by atoms with van der Waals surface area (Å²) in [7, 11) is -0.891. The van der Waals surface area contributed by atoms with Gasteiger partial charge < -0.3 is 10.2 Å². The first kappa shape index (κ1) is 15.4. The number of amides is 2. The number of non-ortho nitro benzene ring substituents is 1. The van der Waals surface area contributed by atoms with Gasteiger partial charge in [-0.05, 0) is 18.6 Å². The third kappa shape index (κ3) is 4.01. The lowest BCUT2D eigenvalue weighted by Gasteiger charge is -2.20. The summed E-state index contributed by atoms with van der Waals surface area (Å²) in [5.41, 5.74) is 0.482. The molecule has 8 heteroatoms. The number of anilines is 1. The summed E-state index contributed by atoms with van der Waals surface area (Å²) in [4.78, 5) is 23.8. The van der Waals surface area contributed by atoms with E-state index >= 15 is 0 Å². The van der Waals surface area contributed by atoms with Gasteiger partial charge in [-0.1, -0.05) is 6.92 Å². The van der Waals surface area contributed by atoms with Crippen molar-refractivity contribution in [2.75, 3.05) is 24.2 Å². The third-order valence-corrected chi connectivity index (χ3v) is 5.15. The maximum absolute atomic E-state index is 12.1. The van der Waals surface area contributed by atoms with Crippen molar-refractivity contribution in [3.8, 4) is 0 Å². The van der Waals surface area contributed by atoms with Gasteiger partial charge >= 0.3 is 6.03 Å². The highest BCUT2D eigenvalue weighted by Crippen LogP contribution is 2.16. The Morgan fingerprint density at radius 1 is 1.38 bits per heavy atom. The molecule has 0 spiro atoms. The number of hydrogen-bond donors (Lipinski definition) is 1. The minimum absolute atomic E-state index is 0.0213. The zero-order chi connectivity index (χ0) is 15.4. The van der Waals surface area contributed by atoms with Gasteiger partial charge in [0.2, 0.25) is 0 Å².